The monoisotopic (exact) mass is 288 g/mol. The van der Waals surface area contributed by atoms with Gasteiger partial charge in [-0.3, -0.25) is 0 Å². The van der Waals surface area contributed by atoms with Gasteiger partial charge in [0.15, 0.2) is 0 Å². The van der Waals surface area contributed by atoms with Crippen molar-refractivity contribution < 1.29 is 9.53 Å². The van der Waals surface area contributed by atoms with Crippen LogP contribution in [0.5, 0.6) is 0 Å². The Hall–Kier alpha value is -0.840. The summed E-state index contributed by atoms with van der Waals surface area (Å²) in [6, 6.07) is 7.76. The highest BCUT2D eigenvalue weighted by Gasteiger charge is 2.00. The zero-order chi connectivity index (χ0) is 9.68. The van der Waals surface area contributed by atoms with E-state index in [1.54, 1.807) is 0 Å². The number of rotatable bonds is 3. The molecule has 0 aliphatic carbocycles. The first-order valence-electron chi connectivity index (χ1n) is 3.76. The molecule has 0 N–H and O–H groups in total. The minimum absolute atomic E-state index is 0.309. The molecule has 0 radical (unpaired) electrons. The van der Waals surface area contributed by atoms with E-state index in [1.807, 2.05) is 24.3 Å². The maximum Gasteiger partial charge on any atom is 0.330 e. The van der Waals surface area contributed by atoms with Crippen molar-refractivity contribution >= 4 is 28.6 Å². The topological polar surface area (TPSA) is 26.3 Å². The van der Waals surface area contributed by atoms with Crippen LogP contribution >= 0.6 is 22.6 Å². The molecule has 13 heavy (non-hydrogen) atoms. The van der Waals surface area contributed by atoms with Crippen LogP contribution in [0.3, 0.4) is 0 Å². The van der Waals surface area contributed by atoms with Gasteiger partial charge in [-0.15, -0.1) is 0 Å². The molecule has 1 rings (SSSR count). The summed E-state index contributed by atoms with van der Waals surface area (Å²) in [5, 5.41) is 0. The van der Waals surface area contributed by atoms with Gasteiger partial charge in [-0.05, 0) is 28.7 Å². The van der Waals surface area contributed by atoms with Crippen molar-refractivity contribution in [2.75, 3.05) is 0 Å². The molecule has 0 aliphatic heterocycles. The van der Waals surface area contributed by atoms with Gasteiger partial charge >= 0.3 is 5.97 Å². The van der Waals surface area contributed by atoms with Gasteiger partial charge in [-0.25, -0.2) is 4.79 Å². The summed E-state index contributed by atoms with van der Waals surface area (Å²) in [5.74, 6) is -0.389. The highest BCUT2D eigenvalue weighted by atomic mass is 127. The molecule has 0 aliphatic rings. The average molecular weight is 288 g/mol. The molecule has 0 saturated heterocycles. The third kappa shape index (κ3) is 3.18. The lowest BCUT2D eigenvalue weighted by molar-refractivity contribution is -0.138. The largest absolute Gasteiger partial charge is 0.458 e. The predicted octanol–water partition coefficient (Wildman–Crippen LogP) is 2.52. The number of carbonyl (C=O) groups is 1. The number of benzene rings is 1. The lowest BCUT2D eigenvalue weighted by atomic mass is 10.2. The van der Waals surface area contributed by atoms with Crippen LogP contribution in [0.1, 0.15) is 5.56 Å². The Morgan fingerprint density at radius 2 is 2.23 bits per heavy atom. The van der Waals surface area contributed by atoms with E-state index in [0.29, 0.717) is 6.61 Å². The predicted molar refractivity (Wildman–Crippen MR) is 59.2 cm³/mol. The first kappa shape index (κ1) is 10.2. The molecule has 0 fully saturated rings. The van der Waals surface area contributed by atoms with E-state index in [2.05, 4.69) is 29.2 Å². The van der Waals surface area contributed by atoms with E-state index in [-0.39, 0.29) is 5.97 Å². The number of hydrogen-bond donors (Lipinski definition) is 0. The van der Waals surface area contributed by atoms with Crippen LogP contribution in [0.15, 0.2) is 36.9 Å². The molecule has 0 heterocycles. The number of esters is 1. The minimum Gasteiger partial charge on any atom is -0.458 e. The van der Waals surface area contributed by atoms with Crippen LogP contribution in [0.25, 0.3) is 0 Å². The SMILES string of the molecule is C=CC(=O)OCc1ccccc1I. The van der Waals surface area contributed by atoms with E-state index in [1.165, 1.54) is 0 Å². The van der Waals surface area contributed by atoms with Crippen molar-refractivity contribution in [2.24, 2.45) is 0 Å². The van der Waals surface area contributed by atoms with Crippen molar-refractivity contribution in [3.8, 4) is 0 Å². The second-order valence-electron chi connectivity index (χ2n) is 2.40. The fourth-order valence-electron chi connectivity index (χ4n) is 0.823. The van der Waals surface area contributed by atoms with Gasteiger partial charge in [0.05, 0.1) is 0 Å². The Labute approximate surface area is 90.7 Å². The van der Waals surface area contributed by atoms with Crippen LogP contribution in [-0.4, -0.2) is 5.97 Å². The third-order valence-corrected chi connectivity index (χ3v) is 2.55. The van der Waals surface area contributed by atoms with E-state index in [0.717, 1.165) is 15.2 Å². The summed E-state index contributed by atoms with van der Waals surface area (Å²) in [4.78, 5) is 10.8. The summed E-state index contributed by atoms with van der Waals surface area (Å²) in [7, 11) is 0. The smallest absolute Gasteiger partial charge is 0.330 e. The first-order valence-corrected chi connectivity index (χ1v) is 4.84. The summed E-state index contributed by atoms with van der Waals surface area (Å²) >= 11 is 2.20. The minimum atomic E-state index is -0.389. The van der Waals surface area contributed by atoms with Crippen LogP contribution in [0, 0.1) is 3.57 Å². The molecular formula is C10H9IO2. The van der Waals surface area contributed by atoms with Gasteiger partial charge in [-0.1, -0.05) is 24.8 Å². The number of carbonyl (C=O) groups excluding carboxylic acids is 1. The Balaban J connectivity index is 2.59. The summed E-state index contributed by atoms with van der Waals surface area (Å²) in [5.41, 5.74) is 1.01. The Morgan fingerprint density at radius 3 is 2.85 bits per heavy atom. The molecule has 1 aromatic carbocycles. The fraction of sp³-hybridized carbons (Fsp3) is 0.100. The van der Waals surface area contributed by atoms with Crippen LogP contribution in [0.2, 0.25) is 0 Å². The first-order chi connectivity index (χ1) is 6.24. The van der Waals surface area contributed by atoms with Gasteiger partial charge < -0.3 is 4.74 Å². The van der Waals surface area contributed by atoms with Crippen LogP contribution < -0.4 is 0 Å². The van der Waals surface area contributed by atoms with Gasteiger partial charge in [0.2, 0.25) is 0 Å². The maximum absolute atomic E-state index is 10.8. The average Bonchev–Trinajstić information content (AvgIpc) is 2.16. The van der Waals surface area contributed by atoms with E-state index in [4.69, 9.17) is 4.74 Å². The second kappa shape index (κ2) is 5.01. The summed E-state index contributed by atoms with van der Waals surface area (Å²) in [6.07, 6.45) is 1.16. The van der Waals surface area contributed by atoms with Crippen LogP contribution in [0.4, 0.5) is 0 Å². The highest BCUT2D eigenvalue weighted by molar-refractivity contribution is 14.1. The number of halogens is 1. The van der Waals surface area contributed by atoms with Crippen molar-refractivity contribution in [3.63, 3.8) is 0 Å². The summed E-state index contributed by atoms with van der Waals surface area (Å²) in [6.45, 7) is 3.63. The van der Waals surface area contributed by atoms with Gasteiger partial charge in [0, 0.05) is 15.2 Å². The molecule has 0 spiro atoms. The van der Waals surface area contributed by atoms with Crippen LogP contribution in [-0.2, 0) is 16.1 Å². The summed E-state index contributed by atoms with van der Waals surface area (Å²) < 4.78 is 5.99. The Bertz CT molecular complexity index is 320. The molecule has 0 saturated carbocycles. The Morgan fingerprint density at radius 1 is 1.54 bits per heavy atom. The molecule has 68 valence electrons. The molecular weight excluding hydrogens is 279 g/mol. The van der Waals surface area contributed by atoms with E-state index in [9.17, 15) is 4.79 Å². The molecule has 1 aromatic rings. The Kier molecular flexibility index (Phi) is 3.95. The maximum atomic E-state index is 10.8. The highest BCUT2D eigenvalue weighted by Crippen LogP contribution is 2.12. The number of ether oxygens (including phenoxy) is 1. The molecule has 2 nitrogen and oxygen atoms in total. The van der Waals surface area contributed by atoms with Gasteiger partial charge in [-0.2, -0.15) is 0 Å². The number of hydrogen-bond acceptors (Lipinski definition) is 2. The second-order valence-corrected chi connectivity index (χ2v) is 3.57. The van der Waals surface area contributed by atoms with E-state index >= 15 is 0 Å². The molecule has 3 heteroatoms. The fourth-order valence-corrected chi connectivity index (χ4v) is 1.37. The quantitative estimate of drug-likeness (QED) is 0.485. The zero-order valence-corrected chi connectivity index (χ0v) is 9.15. The lowest BCUT2D eigenvalue weighted by Crippen LogP contribution is -2.01. The molecule has 0 unspecified atom stereocenters. The lowest BCUT2D eigenvalue weighted by Gasteiger charge is -2.03. The molecule has 0 atom stereocenters. The molecule has 0 aromatic heterocycles. The standard InChI is InChI=1S/C10H9IO2/c1-2-10(12)13-7-8-5-3-4-6-9(8)11/h2-6H,1,7H2. The van der Waals surface area contributed by atoms with Crippen molar-refractivity contribution in [1.29, 1.82) is 0 Å². The van der Waals surface area contributed by atoms with Crippen molar-refractivity contribution in [2.45, 2.75) is 6.61 Å². The van der Waals surface area contributed by atoms with Crippen molar-refractivity contribution in [1.82, 2.24) is 0 Å². The van der Waals surface area contributed by atoms with Gasteiger partial charge in [0.1, 0.15) is 6.61 Å². The molecule has 0 bridgehead atoms. The van der Waals surface area contributed by atoms with Gasteiger partial charge in [0.25, 0.3) is 0 Å². The van der Waals surface area contributed by atoms with E-state index < -0.39 is 0 Å². The molecule has 0 amide bonds. The zero-order valence-electron chi connectivity index (χ0n) is 7.00. The third-order valence-electron chi connectivity index (χ3n) is 1.49. The normalized spacial score (nSPS) is 9.31. The van der Waals surface area contributed by atoms with Crippen molar-refractivity contribution in [3.05, 3.63) is 46.1 Å².